The molecule has 3 atom stereocenters. The van der Waals surface area contributed by atoms with Gasteiger partial charge in [0.2, 0.25) is 0 Å². The number of aryl methyl sites for hydroxylation is 1. The van der Waals surface area contributed by atoms with Crippen LogP contribution in [-0.2, 0) is 5.41 Å². The first-order valence-corrected chi connectivity index (χ1v) is 7.37. The molecule has 1 aliphatic carbocycles. The SMILES string of the molecule is Cc1cccc2c1N[C@@H]1C[C@H](C)CC[C@H]1C2(C)C. The molecule has 3 rings (SSSR count). The minimum Gasteiger partial charge on any atom is -0.382 e. The van der Waals surface area contributed by atoms with E-state index in [1.54, 1.807) is 0 Å². The monoisotopic (exact) mass is 243 g/mol. The highest BCUT2D eigenvalue weighted by atomic mass is 15.0. The molecule has 0 aromatic heterocycles. The number of fused-ring (bicyclic) bond motifs is 2. The second-order valence-electron chi connectivity index (χ2n) is 6.99. The smallest absolute Gasteiger partial charge is 0.0410 e. The maximum atomic E-state index is 3.85. The summed E-state index contributed by atoms with van der Waals surface area (Å²) in [4.78, 5) is 0. The molecule has 18 heavy (non-hydrogen) atoms. The number of nitrogens with one attached hydrogen (secondary N) is 1. The van der Waals surface area contributed by atoms with Gasteiger partial charge in [-0.3, -0.25) is 0 Å². The summed E-state index contributed by atoms with van der Waals surface area (Å²) in [5, 5.41) is 3.85. The third-order valence-corrected chi connectivity index (χ3v) is 5.34. The first kappa shape index (κ1) is 12.1. The van der Waals surface area contributed by atoms with E-state index in [-0.39, 0.29) is 0 Å². The van der Waals surface area contributed by atoms with Gasteiger partial charge in [0, 0.05) is 11.7 Å². The number of hydrogen-bond acceptors (Lipinski definition) is 1. The standard InChI is InChI=1S/C17H25N/c1-11-8-9-13-15(10-11)18-16-12(2)6-5-7-14(16)17(13,3)4/h5-7,11,13,15,18H,8-10H2,1-4H3/t11-,13-,15-/m1/s1. The predicted molar refractivity (Wildman–Crippen MR) is 78.1 cm³/mol. The van der Waals surface area contributed by atoms with Crippen molar-refractivity contribution >= 4 is 5.69 Å². The Kier molecular flexibility index (Phi) is 2.69. The molecule has 0 radical (unpaired) electrons. The molecule has 1 heteroatoms. The molecule has 0 spiro atoms. The summed E-state index contributed by atoms with van der Waals surface area (Å²) in [6.45, 7) is 9.52. The molecule has 1 heterocycles. The van der Waals surface area contributed by atoms with Crippen molar-refractivity contribution in [2.45, 2.75) is 58.4 Å². The fourth-order valence-electron chi connectivity index (χ4n) is 4.19. The predicted octanol–water partition coefficient (Wildman–Crippen LogP) is 4.50. The van der Waals surface area contributed by atoms with Crippen LogP contribution in [0.1, 0.15) is 51.2 Å². The Morgan fingerprint density at radius 1 is 1.22 bits per heavy atom. The highest BCUT2D eigenvalue weighted by Crippen LogP contribution is 2.49. The van der Waals surface area contributed by atoms with Crippen molar-refractivity contribution in [3.05, 3.63) is 29.3 Å². The van der Waals surface area contributed by atoms with Crippen molar-refractivity contribution in [3.8, 4) is 0 Å². The van der Waals surface area contributed by atoms with E-state index < -0.39 is 0 Å². The van der Waals surface area contributed by atoms with E-state index in [4.69, 9.17) is 0 Å². The fraction of sp³-hybridized carbons (Fsp3) is 0.647. The van der Waals surface area contributed by atoms with Crippen molar-refractivity contribution in [1.29, 1.82) is 0 Å². The molecule has 1 aromatic carbocycles. The van der Waals surface area contributed by atoms with Crippen LogP contribution in [0.2, 0.25) is 0 Å². The third kappa shape index (κ3) is 1.67. The van der Waals surface area contributed by atoms with Crippen molar-refractivity contribution in [1.82, 2.24) is 0 Å². The van der Waals surface area contributed by atoms with Gasteiger partial charge in [0.1, 0.15) is 0 Å². The van der Waals surface area contributed by atoms with Gasteiger partial charge in [0.05, 0.1) is 0 Å². The minimum absolute atomic E-state index is 0.317. The molecule has 1 nitrogen and oxygen atoms in total. The molecule has 2 aliphatic rings. The van der Waals surface area contributed by atoms with Gasteiger partial charge in [0.25, 0.3) is 0 Å². The van der Waals surface area contributed by atoms with E-state index in [1.165, 1.54) is 36.1 Å². The van der Waals surface area contributed by atoms with Crippen LogP contribution < -0.4 is 5.32 Å². The topological polar surface area (TPSA) is 12.0 Å². The Balaban J connectivity index is 2.07. The molecule has 1 fully saturated rings. The van der Waals surface area contributed by atoms with Crippen LogP contribution >= 0.6 is 0 Å². The largest absolute Gasteiger partial charge is 0.382 e. The highest BCUT2D eigenvalue weighted by Gasteiger charge is 2.44. The molecular weight excluding hydrogens is 218 g/mol. The summed E-state index contributed by atoms with van der Waals surface area (Å²) in [6, 6.07) is 7.44. The zero-order chi connectivity index (χ0) is 12.9. The lowest BCUT2D eigenvalue weighted by atomic mass is 9.61. The Bertz CT molecular complexity index is 461. The maximum absolute atomic E-state index is 3.85. The summed E-state index contributed by atoms with van der Waals surface area (Å²) >= 11 is 0. The van der Waals surface area contributed by atoms with Crippen molar-refractivity contribution in [3.63, 3.8) is 0 Å². The number of hydrogen-bond donors (Lipinski definition) is 1. The maximum Gasteiger partial charge on any atom is 0.0410 e. The van der Waals surface area contributed by atoms with E-state index in [2.05, 4.69) is 51.2 Å². The molecule has 1 aromatic rings. The second kappa shape index (κ2) is 4.01. The quantitative estimate of drug-likeness (QED) is 0.707. The Morgan fingerprint density at radius 3 is 2.78 bits per heavy atom. The third-order valence-electron chi connectivity index (χ3n) is 5.34. The number of para-hydroxylation sites is 1. The van der Waals surface area contributed by atoms with E-state index in [1.807, 2.05) is 0 Å². The fourth-order valence-corrected chi connectivity index (χ4v) is 4.19. The second-order valence-corrected chi connectivity index (χ2v) is 6.99. The van der Waals surface area contributed by atoms with Gasteiger partial charge in [-0.05, 0) is 48.1 Å². The van der Waals surface area contributed by atoms with Crippen LogP contribution in [0.25, 0.3) is 0 Å². The Hall–Kier alpha value is -0.980. The van der Waals surface area contributed by atoms with Crippen LogP contribution in [0.4, 0.5) is 5.69 Å². The van der Waals surface area contributed by atoms with Crippen molar-refractivity contribution in [2.75, 3.05) is 5.32 Å². The first-order chi connectivity index (χ1) is 8.50. The van der Waals surface area contributed by atoms with Crippen LogP contribution in [0.5, 0.6) is 0 Å². The summed E-state index contributed by atoms with van der Waals surface area (Å²) in [5.74, 6) is 1.67. The first-order valence-electron chi connectivity index (χ1n) is 7.37. The normalized spacial score (nSPS) is 33.2. The number of benzene rings is 1. The average molecular weight is 243 g/mol. The number of anilines is 1. The average Bonchev–Trinajstić information content (AvgIpc) is 2.30. The van der Waals surface area contributed by atoms with Crippen molar-refractivity contribution < 1.29 is 0 Å². The summed E-state index contributed by atoms with van der Waals surface area (Å²) < 4.78 is 0. The summed E-state index contributed by atoms with van der Waals surface area (Å²) in [7, 11) is 0. The summed E-state index contributed by atoms with van der Waals surface area (Å²) in [6.07, 6.45) is 4.11. The Labute approximate surface area is 111 Å². The molecule has 1 saturated carbocycles. The zero-order valence-corrected chi connectivity index (χ0v) is 12.1. The highest BCUT2D eigenvalue weighted by molar-refractivity contribution is 5.63. The van der Waals surface area contributed by atoms with Crippen LogP contribution in [0, 0.1) is 18.8 Å². The van der Waals surface area contributed by atoms with Gasteiger partial charge in [-0.25, -0.2) is 0 Å². The van der Waals surface area contributed by atoms with Crippen LogP contribution in [0.15, 0.2) is 18.2 Å². The van der Waals surface area contributed by atoms with Gasteiger partial charge >= 0.3 is 0 Å². The van der Waals surface area contributed by atoms with E-state index >= 15 is 0 Å². The van der Waals surface area contributed by atoms with Gasteiger partial charge < -0.3 is 5.32 Å². The van der Waals surface area contributed by atoms with Crippen molar-refractivity contribution in [2.24, 2.45) is 11.8 Å². The lowest BCUT2D eigenvalue weighted by Crippen LogP contribution is -2.49. The molecular formula is C17H25N. The van der Waals surface area contributed by atoms with E-state index in [9.17, 15) is 0 Å². The van der Waals surface area contributed by atoms with Crippen LogP contribution in [0.3, 0.4) is 0 Å². The zero-order valence-electron chi connectivity index (χ0n) is 12.1. The minimum atomic E-state index is 0.317. The molecule has 0 saturated heterocycles. The molecule has 0 unspecified atom stereocenters. The lowest BCUT2D eigenvalue weighted by molar-refractivity contribution is 0.173. The Morgan fingerprint density at radius 2 is 2.00 bits per heavy atom. The molecule has 1 N–H and O–H groups in total. The molecule has 1 aliphatic heterocycles. The van der Waals surface area contributed by atoms with Gasteiger partial charge in [-0.1, -0.05) is 45.4 Å². The van der Waals surface area contributed by atoms with Gasteiger partial charge in [0.15, 0.2) is 0 Å². The number of rotatable bonds is 0. The molecule has 98 valence electrons. The van der Waals surface area contributed by atoms with E-state index in [0.29, 0.717) is 11.5 Å². The molecule has 0 amide bonds. The molecule has 0 bridgehead atoms. The lowest BCUT2D eigenvalue weighted by Gasteiger charge is -2.50. The van der Waals surface area contributed by atoms with Gasteiger partial charge in [-0.2, -0.15) is 0 Å². The van der Waals surface area contributed by atoms with E-state index in [0.717, 1.165) is 11.8 Å². The van der Waals surface area contributed by atoms with Crippen LogP contribution in [-0.4, -0.2) is 6.04 Å². The summed E-state index contributed by atoms with van der Waals surface area (Å²) in [5.41, 5.74) is 4.66. The van der Waals surface area contributed by atoms with Gasteiger partial charge in [-0.15, -0.1) is 0 Å².